The predicted molar refractivity (Wildman–Crippen MR) is 114 cm³/mol. The van der Waals surface area contributed by atoms with Crippen molar-refractivity contribution < 1.29 is 9.53 Å². The summed E-state index contributed by atoms with van der Waals surface area (Å²) in [6, 6.07) is 8.69. The second kappa shape index (κ2) is 8.16. The highest BCUT2D eigenvalue weighted by Crippen LogP contribution is 2.27. The molecule has 4 rings (SSSR count). The van der Waals surface area contributed by atoms with Gasteiger partial charge in [0, 0.05) is 36.0 Å². The Morgan fingerprint density at radius 3 is 2.47 bits per heavy atom. The van der Waals surface area contributed by atoms with E-state index in [-0.39, 0.29) is 12.5 Å². The minimum Gasteiger partial charge on any atom is -0.371 e. The third-order valence-corrected chi connectivity index (χ3v) is 4.98. The van der Waals surface area contributed by atoms with Crippen molar-refractivity contribution in [3.63, 3.8) is 0 Å². The number of rotatable bonds is 4. The summed E-state index contributed by atoms with van der Waals surface area (Å²) in [5, 5.41) is 3.00. The molecule has 1 aromatic carbocycles. The Morgan fingerprint density at radius 2 is 1.77 bits per heavy atom. The minimum atomic E-state index is -0.543. The molecule has 1 N–H and O–H groups in total. The maximum atomic E-state index is 13.2. The first-order valence-electron chi connectivity index (χ1n) is 9.79. The number of nitrogens with one attached hydrogen (secondary N) is 1. The van der Waals surface area contributed by atoms with Crippen molar-refractivity contribution in [2.75, 3.05) is 23.4 Å². The van der Waals surface area contributed by atoms with Gasteiger partial charge in [0.2, 0.25) is 11.9 Å². The van der Waals surface area contributed by atoms with Gasteiger partial charge in [0.05, 0.1) is 18.8 Å². The molecule has 8 heteroatoms. The van der Waals surface area contributed by atoms with Crippen LogP contribution in [0.15, 0.2) is 55.1 Å². The topological polar surface area (TPSA) is 93.1 Å². The summed E-state index contributed by atoms with van der Waals surface area (Å²) in [6.45, 7) is 6.72. The van der Waals surface area contributed by atoms with Crippen molar-refractivity contribution in [2.24, 2.45) is 0 Å². The fourth-order valence-corrected chi connectivity index (χ4v) is 3.43. The summed E-state index contributed by atoms with van der Waals surface area (Å²) in [4.78, 5) is 32.4. The standard InChI is InChI=1S/C22H24N6O2/c1-15-6-7-16(12-17(15)19-23-8-4-9-24-19)27-20(29)18-13-30-22(2,3)14-28(18)21-25-10-5-11-26-21/h4-12,18H,13-14H2,1-3H3,(H,27,29)/t18-/m1/s1. The van der Waals surface area contributed by atoms with Crippen LogP contribution in [0.3, 0.4) is 0 Å². The summed E-state index contributed by atoms with van der Waals surface area (Å²) < 4.78 is 5.92. The second-order valence-electron chi connectivity index (χ2n) is 7.85. The molecule has 0 radical (unpaired) electrons. The van der Waals surface area contributed by atoms with E-state index in [4.69, 9.17) is 4.74 Å². The highest BCUT2D eigenvalue weighted by molar-refractivity contribution is 5.97. The Bertz CT molecular complexity index is 1030. The van der Waals surface area contributed by atoms with Gasteiger partial charge in [-0.05, 0) is 50.6 Å². The van der Waals surface area contributed by atoms with Crippen molar-refractivity contribution in [3.05, 3.63) is 60.7 Å². The lowest BCUT2D eigenvalue weighted by atomic mass is 10.0. The highest BCUT2D eigenvalue weighted by Gasteiger charge is 2.39. The molecule has 1 atom stereocenters. The van der Waals surface area contributed by atoms with Crippen molar-refractivity contribution in [3.8, 4) is 11.4 Å². The Morgan fingerprint density at radius 1 is 1.10 bits per heavy atom. The van der Waals surface area contributed by atoms with E-state index >= 15 is 0 Å². The number of ether oxygens (including phenoxy) is 1. The molecule has 0 bridgehead atoms. The smallest absolute Gasteiger partial charge is 0.249 e. The van der Waals surface area contributed by atoms with Crippen LogP contribution in [-0.4, -0.2) is 50.6 Å². The molecular formula is C22H24N6O2. The average molecular weight is 404 g/mol. The van der Waals surface area contributed by atoms with E-state index in [2.05, 4.69) is 25.3 Å². The van der Waals surface area contributed by atoms with Gasteiger partial charge in [0.25, 0.3) is 0 Å². The molecule has 1 aliphatic heterocycles. The summed E-state index contributed by atoms with van der Waals surface area (Å²) >= 11 is 0. The van der Waals surface area contributed by atoms with Gasteiger partial charge < -0.3 is 15.0 Å². The number of aryl methyl sites for hydroxylation is 1. The second-order valence-corrected chi connectivity index (χ2v) is 7.85. The third kappa shape index (κ3) is 4.28. The van der Waals surface area contributed by atoms with E-state index in [0.29, 0.717) is 24.0 Å². The maximum absolute atomic E-state index is 13.2. The van der Waals surface area contributed by atoms with Gasteiger partial charge in [-0.1, -0.05) is 6.07 Å². The summed E-state index contributed by atoms with van der Waals surface area (Å²) in [6.07, 6.45) is 6.75. The molecule has 3 heterocycles. The Hall–Kier alpha value is -3.39. The van der Waals surface area contributed by atoms with Crippen LogP contribution in [0.25, 0.3) is 11.4 Å². The molecule has 154 valence electrons. The van der Waals surface area contributed by atoms with Crippen molar-refractivity contribution in [2.45, 2.75) is 32.4 Å². The maximum Gasteiger partial charge on any atom is 0.249 e. The molecule has 1 aliphatic rings. The molecule has 8 nitrogen and oxygen atoms in total. The molecule has 3 aromatic rings. The van der Waals surface area contributed by atoms with E-state index in [1.54, 1.807) is 36.9 Å². The lowest BCUT2D eigenvalue weighted by molar-refractivity contribution is -0.123. The molecule has 30 heavy (non-hydrogen) atoms. The Balaban J connectivity index is 1.58. The molecule has 1 saturated heterocycles. The number of carbonyl (C=O) groups is 1. The first-order chi connectivity index (χ1) is 14.4. The van der Waals surface area contributed by atoms with Gasteiger partial charge in [-0.25, -0.2) is 19.9 Å². The number of benzene rings is 1. The van der Waals surface area contributed by atoms with E-state index in [1.807, 2.05) is 43.9 Å². The number of hydrogen-bond acceptors (Lipinski definition) is 7. The molecular weight excluding hydrogens is 380 g/mol. The molecule has 2 aromatic heterocycles. The van der Waals surface area contributed by atoms with Crippen LogP contribution in [0.4, 0.5) is 11.6 Å². The van der Waals surface area contributed by atoms with Crippen molar-refractivity contribution in [1.82, 2.24) is 19.9 Å². The first-order valence-corrected chi connectivity index (χ1v) is 9.79. The van der Waals surface area contributed by atoms with Gasteiger partial charge in [-0.2, -0.15) is 0 Å². The number of hydrogen-bond donors (Lipinski definition) is 1. The van der Waals surface area contributed by atoms with Crippen molar-refractivity contribution >= 4 is 17.5 Å². The molecule has 0 aliphatic carbocycles. The molecule has 1 fully saturated rings. The predicted octanol–water partition coefficient (Wildman–Crippen LogP) is 2.86. The summed E-state index contributed by atoms with van der Waals surface area (Å²) in [5.41, 5.74) is 2.17. The van der Waals surface area contributed by atoms with Gasteiger partial charge in [-0.15, -0.1) is 0 Å². The minimum absolute atomic E-state index is 0.179. The van der Waals surface area contributed by atoms with E-state index < -0.39 is 11.6 Å². The average Bonchev–Trinajstić information content (AvgIpc) is 2.75. The monoisotopic (exact) mass is 404 g/mol. The van der Waals surface area contributed by atoms with E-state index in [0.717, 1.165) is 11.1 Å². The molecule has 0 unspecified atom stereocenters. The summed E-state index contributed by atoms with van der Waals surface area (Å²) in [7, 11) is 0. The number of anilines is 2. The van der Waals surface area contributed by atoms with Crippen LogP contribution >= 0.6 is 0 Å². The fourth-order valence-electron chi connectivity index (χ4n) is 3.43. The number of morpholine rings is 1. The normalized spacial score (nSPS) is 18.1. The Labute approximate surface area is 175 Å². The first kappa shape index (κ1) is 19.9. The van der Waals surface area contributed by atoms with Crippen LogP contribution in [0.5, 0.6) is 0 Å². The number of aromatic nitrogens is 4. The van der Waals surface area contributed by atoms with Gasteiger partial charge in [0.15, 0.2) is 5.82 Å². The van der Waals surface area contributed by atoms with Crippen molar-refractivity contribution in [1.29, 1.82) is 0 Å². The van der Waals surface area contributed by atoms with Crippen LogP contribution in [0.1, 0.15) is 19.4 Å². The van der Waals surface area contributed by atoms with Crippen LogP contribution in [-0.2, 0) is 9.53 Å². The SMILES string of the molecule is Cc1ccc(NC(=O)[C@H]2COC(C)(C)CN2c2ncccn2)cc1-c1ncccn1. The van der Waals surface area contributed by atoms with E-state index in [9.17, 15) is 4.79 Å². The zero-order valence-corrected chi connectivity index (χ0v) is 17.2. The zero-order valence-electron chi connectivity index (χ0n) is 17.2. The molecule has 1 amide bonds. The molecule has 0 saturated carbocycles. The lowest BCUT2D eigenvalue weighted by Crippen LogP contribution is -2.59. The lowest BCUT2D eigenvalue weighted by Gasteiger charge is -2.42. The summed E-state index contributed by atoms with van der Waals surface area (Å²) in [5.74, 6) is 0.950. The quantitative estimate of drug-likeness (QED) is 0.715. The van der Waals surface area contributed by atoms with Crippen LogP contribution < -0.4 is 10.2 Å². The number of amides is 1. The largest absolute Gasteiger partial charge is 0.371 e. The third-order valence-electron chi connectivity index (χ3n) is 4.98. The molecule has 0 spiro atoms. The zero-order chi connectivity index (χ0) is 21.1. The fraction of sp³-hybridized carbons (Fsp3) is 0.318. The highest BCUT2D eigenvalue weighted by atomic mass is 16.5. The van der Waals surface area contributed by atoms with Gasteiger partial charge in [0.1, 0.15) is 6.04 Å². The number of nitrogens with zero attached hydrogens (tertiary/aromatic N) is 5. The number of carbonyl (C=O) groups excluding carboxylic acids is 1. The van der Waals surface area contributed by atoms with Gasteiger partial charge >= 0.3 is 0 Å². The van der Waals surface area contributed by atoms with Gasteiger partial charge in [-0.3, -0.25) is 4.79 Å². The Kier molecular flexibility index (Phi) is 5.41. The van der Waals surface area contributed by atoms with Crippen LogP contribution in [0.2, 0.25) is 0 Å². The van der Waals surface area contributed by atoms with Crippen LogP contribution in [0, 0.1) is 6.92 Å². The van der Waals surface area contributed by atoms with E-state index in [1.165, 1.54) is 0 Å².